The lowest BCUT2D eigenvalue weighted by Crippen LogP contribution is -2.55. The summed E-state index contributed by atoms with van der Waals surface area (Å²) in [5.74, 6) is -0.700. The Morgan fingerprint density at radius 3 is 1.91 bits per heavy atom. The molecule has 1 N–H and O–H groups in total. The van der Waals surface area contributed by atoms with Crippen LogP contribution in [-0.4, -0.2) is 54.6 Å². The van der Waals surface area contributed by atoms with Crippen LogP contribution in [0.25, 0.3) is 0 Å². The molecule has 0 saturated heterocycles. The molecule has 7 nitrogen and oxygen atoms in total. The standard InChI is InChI=1S/C26H37N3O4S/c1-8-23(25(31)27-26(4,5)6)29(17-21-13-9-19(2)10-14-21)24(30)18-28(7)34(32,33)22-15-11-20(3)12-16-22/h9-16,23H,8,17-18H2,1-7H3,(H,27,31)/t23-/m1/s1. The second-order valence-electron chi connectivity index (χ2n) is 9.74. The van der Waals surface area contributed by atoms with Crippen molar-refractivity contribution in [2.45, 2.75) is 71.0 Å². The molecule has 0 aliphatic heterocycles. The quantitative estimate of drug-likeness (QED) is 0.585. The van der Waals surface area contributed by atoms with E-state index in [1.54, 1.807) is 12.1 Å². The van der Waals surface area contributed by atoms with Gasteiger partial charge >= 0.3 is 0 Å². The van der Waals surface area contributed by atoms with E-state index < -0.39 is 27.5 Å². The zero-order valence-corrected chi connectivity index (χ0v) is 22.1. The van der Waals surface area contributed by atoms with Crippen LogP contribution in [0.2, 0.25) is 0 Å². The van der Waals surface area contributed by atoms with Crippen molar-refractivity contribution in [1.82, 2.24) is 14.5 Å². The SMILES string of the molecule is CC[C@H](C(=O)NC(C)(C)C)N(Cc1ccc(C)cc1)C(=O)CN(C)S(=O)(=O)c1ccc(C)cc1. The number of amides is 2. The minimum absolute atomic E-state index is 0.121. The van der Waals surface area contributed by atoms with Gasteiger partial charge in [0, 0.05) is 19.1 Å². The Hall–Kier alpha value is -2.71. The van der Waals surface area contributed by atoms with Gasteiger partial charge in [0.2, 0.25) is 21.8 Å². The van der Waals surface area contributed by atoms with E-state index in [0.29, 0.717) is 6.42 Å². The number of rotatable bonds is 9. The van der Waals surface area contributed by atoms with Gasteiger partial charge < -0.3 is 10.2 Å². The van der Waals surface area contributed by atoms with Gasteiger partial charge in [0.05, 0.1) is 11.4 Å². The van der Waals surface area contributed by atoms with Gasteiger partial charge in [0.15, 0.2) is 0 Å². The van der Waals surface area contributed by atoms with Crippen LogP contribution in [0.1, 0.15) is 50.8 Å². The highest BCUT2D eigenvalue weighted by Crippen LogP contribution is 2.18. The van der Waals surface area contributed by atoms with E-state index in [1.165, 1.54) is 24.1 Å². The fourth-order valence-electron chi connectivity index (χ4n) is 3.52. The number of sulfonamides is 1. The Balaban J connectivity index is 2.34. The first-order valence-corrected chi connectivity index (χ1v) is 12.9. The van der Waals surface area contributed by atoms with Gasteiger partial charge in [-0.3, -0.25) is 9.59 Å². The molecular weight excluding hydrogens is 450 g/mol. The largest absolute Gasteiger partial charge is 0.350 e. The predicted octanol–water partition coefficient (Wildman–Crippen LogP) is 3.65. The summed E-state index contributed by atoms with van der Waals surface area (Å²) in [4.78, 5) is 28.1. The third kappa shape index (κ3) is 7.40. The van der Waals surface area contributed by atoms with E-state index in [-0.39, 0.29) is 23.9 Å². The van der Waals surface area contributed by atoms with Crippen LogP contribution in [0.5, 0.6) is 0 Å². The number of benzene rings is 2. The highest BCUT2D eigenvalue weighted by molar-refractivity contribution is 7.89. The number of hydrogen-bond donors (Lipinski definition) is 1. The highest BCUT2D eigenvalue weighted by atomic mass is 32.2. The molecule has 0 aromatic heterocycles. The van der Waals surface area contributed by atoms with Gasteiger partial charge in [0.25, 0.3) is 0 Å². The lowest BCUT2D eigenvalue weighted by molar-refractivity contribution is -0.142. The van der Waals surface area contributed by atoms with Gasteiger partial charge in [-0.05, 0) is 58.7 Å². The Labute approximate surface area is 204 Å². The van der Waals surface area contributed by atoms with Crippen molar-refractivity contribution in [3.8, 4) is 0 Å². The van der Waals surface area contributed by atoms with E-state index >= 15 is 0 Å². The van der Waals surface area contributed by atoms with E-state index in [0.717, 1.165) is 21.0 Å². The third-order valence-corrected chi connectivity index (χ3v) is 7.26. The summed E-state index contributed by atoms with van der Waals surface area (Å²) in [5, 5.41) is 2.95. The molecule has 0 aliphatic rings. The summed E-state index contributed by atoms with van der Waals surface area (Å²) >= 11 is 0. The number of aryl methyl sites for hydroxylation is 2. The summed E-state index contributed by atoms with van der Waals surface area (Å²) < 4.78 is 27.1. The topological polar surface area (TPSA) is 86.8 Å². The number of carbonyl (C=O) groups is 2. The van der Waals surface area contributed by atoms with Crippen molar-refractivity contribution in [3.05, 3.63) is 65.2 Å². The molecular formula is C26H37N3O4S. The maximum Gasteiger partial charge on any atom is 0.243 e. The normalized spacial score (nSPS) is 12.9. The van der Waals surface area contributed by atoms with E-state index in [9.17, 15) is 18.0 Å². The van der Waals surface area contributed by atoms with Crippen LogP contribution in [0.3, 0.4) is 0 Å². The van der Waals surface area contributed by atoms with Gasteiger partial charge in [0.1, 0.15) is 6.04 Å². The zero-order valence-electron chi connectivity index (χ0n) is 21.3. The highest BCUT2D eigenvalue weighted by Gasteiger charge is 2.33. The number of nitrogens with one attached hydrogen (secondary N) is 1. The van der Waals surface area contributed by atoms with Crippen LogP contribution in [0.15, 0.2) is 53.4 Å². The minimum atomic E-state index is -3.86. The molecule has 1 atom stereocenters. The van der Waals surface area contributed by atoms with Crippen molar-refractivity contribution >= 4 is 21.8 Å². The number of likely N-dealkylation sites (N-methyl/N-ethyl adjacent to an activating group) is 1. The molecule has 0 spiro atoms. The van der Waals surface area contributed by atoms with E-state index in [1.807, 2.05) is 65.8 Å². The van der Waals surface area contributed by atoms with Crippen molar-refractivity contribution in [1.29, 1.82) is 0 Å². The smallest absolute Gasteiger partial charge is 0.243 e. The molecule has 186 valence electrons. The van der Waals surface area contributed by atoms with Gasteiger partial charge in [-0.25, -0.2) is 8.42 Å². The predicted molar refractivity (Wildman–Crippen MR) is 135 cm³/mol. The van der Waals surface area contributed by atoms with Crippen molar-refractivity contribution < 1.29 is 18.0 Å². The fourth-order valence-corrected chi connectivity index (χ4v) is 4.64. The first kappa shape index (κ1) is 27.5. The molecule has 0 radical (unpaired) electrons. The molecule has 0 saturated carbocycles. The Morgan fingerprint density at radius 1 is 0.941 bits per heavy atom. The molecule has 0 unspecified atom stereocenters. The average Bonchev–Trinajstić information content (AvgIpc) is 2.74. The van der Waals surface area contributed by atoms with Crippen molar-refractivity contribution in [3.63, 3.8) is 0 Å². The summed E-state index contributed by atoms with van der Waals surface area (Å²) in [5.41, 5.74) is 2.43. The second kappa shape index (κ2) is 11.1. The van der Waals surface area contributed by atoms with Crippen molar-refractivity contribution in [2.24, 2.45) is 0 Å². The third-order valence-electron chi connectivity index (χ3n) is 5.44. The summed E-state index contributed by atoms with van der Waals surface area (Å²) in [6, 6.07) is 13.5. The van der Waals surface area contributed by atoms with Crippen LogP contribution >= 0.6 is 0 Å². The molecule has 0 fully saturated rings. The Morgan fingerprint density at radius 2 is 1.44 bits per heavy atom. The van der Waals surface area contributed by atoms with Gasteiger partial charge in [-0.2, -0.15) is 4.31 Å². The van der Waals surface area contributed by atoms with Crippen LogP contribution in [0.4, 0.5) is 0 Å². The molecule has 2 aromatic carbocycles. The molecule has 2 amide bonds. The number of hydrogen-bond acceptors (Lipinski definition) is 4. The summed E-state index contributed by atoms with van der Waals surface area (Å²) in [6.45, 7) is 11.2. The number of nitrogens with zero attached hydrogens (tertiary/aromatic N) is 2. The minimum Gasteiger partial charge on any atom is -0.350 e. The van der Waals surface area contributed by atoms with Gasteiger partial charge in [-0.15, -0.1) is 0 Å². The maximum atomic E-state index is 13.5. The van der Waals surface area contributed by atoms with Gasteiger partial charge in [-0.1, -0.05) is 54.4 Å². The lowest BCUT2D eigenvalue weighted by atomic mass is 10.1. The Bertz CT molecular complexity index is 1090. The first-order valence-electron chi connectivity index (χ1n) is 11.4. The van der Waals surface area contributed by atoms with Crippen LogP contribution in [0, 0.1) is 13.8 Å². The van der Waals surface area contributed by atoms with Crippen molar-refractivity contribution in [2.75, 3.05) is 13.6 Å². The number of carbonyl (C=O) groups excluding carboxylic acids is 2. The molecule has 2 rings (SSSR count). The molecule has 8 heteroatoms. The zero-order chi connectivity index (χ0) is 25.7. The van der Waals surface area contributed by atoms with E-state index in [4.69, 9.17) is 0 Å². The van der Waals surface area contributed by atoms with Crippen LogP contribution < -0.4 is 5.32 Å². The summed E-state index contributed by atoms with van der Waals surface area (Å²) in [7, 11) is -2.48. The second-order valence-corrected chi connectivity index (χ2v) is 11.8. The monoisotopic (exact) mass is 487 g/mol. The first-order chi connectivity index (χ1) is 15.7. The molecule has 2 aromatic rings. The molecule has 34 heavy (non-hydrogen) atoms. The molecule has 0 bridgehead atoms. The fraction of sp³-hybridized carbons (Fsp3) is 0.462. The van der Waals surface area contributed by atoms with E-state index in [2.05, 4.69) is 5.32 Å². The molecule has 0 aliphatic carbocycles. The Kier molecular flexibility index (Phi) is 9.02. The maximum absolute atomic E-state index is 13.5. The summed E-state index contributed by atoms with van der Waals surface area (Å²) in [6.07, 6.45) is 0.397. The molecule has 0 heterocycles. The lowest BCUT2D eigenvalue weighted by Gasteiger charge is -2.34. The van der Waals surface area contributed by atoms with Crippen LogP contribution in [-0.2, 0) is 26.2 Å². The average molecular weight is 488 g/mol.